The van der Waals surface area contributed by atoms with Gasteiger partial charge in [0.2, 0.25) is 0 Å². The third kappa shape index (κ3) is 11.3. The fraction of sp³-hybridized carbons (Fsp3) is 0.562. The molecule has 4 nitrogen and oxygen atoms in total. The fourth-order valence-corrected chi connectivity index (χ4v) is 37.5. The van der Waals surface area contributed by atoms with Crippen molar-refractivity contribution in [2.24, 2.45) is 0 Å². The Morgan fingerprint density at radius 2 is 0.419 bits per heavy atom. The SMILES string of the molecule is CC(C)[Si](C#Cc1c2ccccc2c(C#C[Si](C(C)C)(C(C)C)C(C)C)c2n[se]nc12)(C(C)C)C(C)C.CC(C)[Si](C#Cc1c2ccccc2c(C#C[Si](C(C)C)(C(C)C)C(C)C)c2n[se]nc12)(C(C)C)C(C)C. The van der Waals surface area contributed by atoms with Gasteiger partial charge in [-0.2, -0.15) is 0 Å². The molecule has 4 aromatic carbocycles. The van der Waals surface area contributed by atoms with Crippen LogP contribution < -0.4 is 0 Å². The third-order valence-electron chi connectivity index (χ3n) is 17.9. The van der Waals surface area contributed by atoms with Crippen molar-refractivity contribution in [2.45, 2.75) is 233 Å². The molecule has 0 atom stereocenters. The number of hydrogen-bond acceptors (Lipinski definition) is 4. The first-order valence-electron chi connectivity index (χ1n) is 28.1. The van der Waals surface area contributed by atoms with Crippen LogP contribution in [0.15, 0.2) is 48.5 Å². The van der Waals surface area contributed by atoms with Crippen molar-refractivity contribution in [3.05, 3.63) is 70.8 Å². The molecule has 10 heteroatoms. The molecule has 0 N–H and O–H groups in total. The van der Waals surface area contributed by atoms with Crippen LogP contribution in [0.3, 0.4) is 0 Å². The number of rotatable bonds is 12. The summed E-state index contributed by atoms with van der Waals surface area (Å²) in [6.07, 6.45) is 0. The Labute approximate surface area is 467 Å². The molecule has 0 spiro atoms. The number of aromatic nitrogens is 4. The molecule has 0 amide bonds. The van der Waals surface area contributed by atoms with Crippen LogP contribution in [-0.2, 0) is 0 Å². The van der Waals surface area contributed by atoms with E-state index in [-0.39, 0.29) is 29.9 Å². The van der Waals surface area contributed by atoms with Gasteiger partial charge >= 0.3 is 471 Å². The van der Waals surface area contributed by atoms with Gasteiger partial charge in [0.1, 0.15) is 0 Å². The maximum absolute atomic E-state index is 4.95. The normalized spacial score (nSPS) is 12.8. The molecule has 0 saturated carbocycles. The van der Waals surface area contributed by atoms with Gasteiger partial charge in [0, 0.05) is 0 Å². The van der Waals surface area contributed by atoms with Crippen molar-refractivity contribution in [3.8, 4) is 45.9 Å². The van der Waals surface area contributed by atoms with Crippen LogP contribution in [0.2, 0.25) is 66.5 Å². The Morgan fingerprint density at radius 1 is 0.270 bits per heavy atom. The van der Waals surface area contributed by atoms with Crippen LogP contribution in [-0.4, -0.2) is 78.1 Å². The molecular weight excluding hydrogens is 1090 g/mol. The van der Waals surface area contributed by atoms with E-state index in [1.807, 2.05) is 0 Å². The first-order valence-corrected chi connectivity index (χ1v) is 40.1. The number of benzene rings is 4. The van der Waals surface area contributed by atoms with Crippen LogP contribution in [0.4, 0.5) is 0 Å². The molecule has 74 heavy (non-hydrogen) atoms. The molecule has 0 unspecified atom stereocenters. The minimum absolute atomic E-state index is 0.141. The predicted molar refractivity (Wildman–Crippen MR) is 340 cm³/mol. The molecule has 6 rings (SSSR count). The van der Waals surface area contributed by atoms with Crippen LogP contribution in [0.1, 0.15) is 188 Å². The van der Waals surface area contributed by atoms with Crippen molar-refractivity contribution in [3.63, 3.8) is 0 Å². The van der Waals surface area contributed by atoms with Crippen molar-refractivity contribution in [1.29, 1.82) is 0 Å². The molecule has 2 aromatic heterocycles. The van der Waals surface area contributed by atoms with Gasteiger partial charge in [-0.1, -0.05) is 0 Å². The van der Waals surface area contributed by atoms with Crippen molar-refractivity contribution in [1.82, 2.24) is 15.9 Å². The van der Waals surface area contributed by atoms with Gasteiger partial charge in [0.25, 0.3) is 0 Å². The van der Waals surface area contributed by atoms with Gasteiger partial charge in [-0.25, -0.2) is 0 Å². The van der Waals surface area contributed by atoms with E-state index >= 15 is 0 Å². The van der Waals surface area contributed by atoms with Crippen molar-refractivity contribution < 1.29 is 0 Å². The average Bonchev–Trinajstić information content (AvgIpc) is 4.00. The molecule has 0 aliphatic carbocycles. The van der Waals surface area contributed by atoms with E-state index in [1.165, 1.54) is 21.5 Å². The Kier molecular flexibility index (Phi) is 20.8. The van der Waals surface area contributed by atoms with E-state index in [0.717, 1.165) is 44.3 Å². The Morgan fingerprint density at radius 3 is 0.554 bits per heavy atom. The molecule has 0 radical (unpaired) electrons. The van der Waals surface area contributed by atoms with E-state index in [9.17, 15) is 0 Å². The fourth-order valence-electron chi connectivity index (χ4n) is 14.3. The van der Waals surface area contributed by atoms with Gasteiger partial charge < -0.3 is 0 Å². The summed E-state index contributed by atoms with van der Waals surface area (Å²) in [6.45, 7) is 57.0. The summed E-state index contributed by atoms with van der Waals surface area (Å²) in [5.74, 6) is 15.0. The third-order valence-corrected chi connectivity index (χ3v) is 45.3. The predicted octanol–water partition coefficient (Wildman–Crippen LogP) is 18.0. The summed E-state index contributed by atoms with van der Waals surface area (Å²) in [4.78, 5) is 0. The molecule has 0 saturated heterocycles. The summed E-state index contributed by atoms with van der Waals surface area (Å²) in [7, 11) is -7.49. The standard InChI is InChI=1S/2C32H46N2SeSi2/c2*1-21(2)36(22(3)4,23(5)6)19-17-29-27-15-13-14-16-28(27)30(32-31(29)33-35-34-32)18-20-37(24(7)8,25(9)10)26(11)12/h2*13-16,21-26H,1-12H3. The molecule has 0 fully saturated rings. The second-order valence-corrected chi connectivity index (χ2v) is 49.6. The van der Waals surface area contributed by atoms with Gasteiger partial charge in [-0.05, 0) is 0 Å². The van der Waals surface area contributed by atoms with Crippen molar-refractivity contribution >= 4 is 106 Å². The second kappa shape index (κ2) is 25.0. The van der Waals surface area contributed by atoms with Gasteiger partial charge in [0.15, 0.2) is 0 Å². The van der Waals surface area contributed by atoms with Crippen LogP contribution >= 0.6 is 0 Å². The molecule has 0 bridgehead atoms. The van der Waals surface area contributed by atoms with Crippen LogP contribution in [0.5, 0.6) is 0 Å². The Bertz CT molecular complexity index is 2670. The van der Waals surface area contributed by atoms with Gasteiger partial charge in [0.05, 0.1) is 0 Å². The minimum atomic E-state index is -1.87. The Balaban J connectivity index is 0.000000274. The van der Waals surface area contributed by atoms with E-state index in [4.69, 9.17) is 15.9 Å². The number of fused-ring (bicyclic) bond motifs is 4. The van der Waals surface area contributed by atoms with E-state index < -0.39 is 32.3 Å². The first-order chi connectivity index (χ1) is 34.6. The number of nitrogens with zero attached hydrogens (tertiary/aromatic N) is 4. The zero-order chi connectivity index (χ0) is 55.4. The van der Waals surface area contributed by atoms with Crippen LogP contribution in [0.25, 0.3) is 43.6 Å². The molecule has 6 aromatic rings. The van der Waals surface area contributed by atoms with E-state index in [2.05, 4.69) is 261 Å². The first kappa shape index (κ1) is 61.6. The van der Waals surface area contributed by atoms with E-state index in [0.29, 0.717) is 66.5 Å². The molecule has 2 heterocycles. The summed E-state index contributed by atoms with van der Waals surface area (Å²) < 4.78 is 19.8. The monoisotopic (exact) mass is 1190 g/mol. The zero-order valence-corrected chi connectivity index (χ0v) is 57.6. The molecule has 0 aliphatic heterocycles. The summed E-state index contributed by atoms with van der Waals surface area (Å²) >= 11 is -0.282. The zero-order valence-electron chi connectivity index (χ0n) is 50.2. The molecule has 396 valence electrons. The quantitative estimate of drug-likeness (QED) is 0.0905. The second-order valence-electron chi connectivity index (χ2n) is 25.1. The summed E-state index contributed by atoms with van der Waals surface area (Å²) in [5, 5.41) is 4.72. The summed E-state index contributed by atoms with van der Waals surface area (Å²) in [6, 6.07) is 17.4. The van der Waals surface area contributed by atoms with E-state index in [1.54, 1.807) is 0 Å². The topological polar surface area (TPSA) is 51.6 Å². The summed E-state index contributed by atoms with van der Waals surface area (Å²) in [5.41, 5.74) is 31.2. The molecule has 0 aliphatic rings. The Hall–Kier alpha value is -3.25. The van der Waals surface area contributed by atoms with Crippen LogP contribution in [0, 0.1) is 45.9 Å². The number of hydrogen-bond donors (Lipinski definition) is 0. The van der Waals surface area contributed by atoms with Crippen molar-refractivity contribution in [2.75, 3.05) is 0 Å². The van der Waals surface area contributed by atoms with Gasteiger partial charge in [-0.15, -0.1) is 0 Å². The maximum atomic E-state index is 4.95. The molecular formula is C64H92N4Se2Si4. The van der Waals surface area contributed by atoms with Gasteiger partial charge in [-0.3, -0.25) is 0 Å². The average molecular weight is 1190 g/mol.